The second kappa shape index (κ2) is 6.00. The molecule has 2 heterocycles. The van der Waals surface area contributed by atoms with Crippen LogP contribution in [0.2, 0.25) is 0 Å². The molecule has 2 rings (SSSR count). The molecule has 0 saturated carbocycles. The Morgan fingerprint density at radius 3 is 2.72 bits per heavy atom. The summed E-state index contributed by atoms with van der Waals surface area (Å²) < 4.78 is 0. The number of nitrogen functional groups attached to an aromatic ring is 1. The van der Waals surface area contributed by atoms with Crippen LogP contribution in [-0.4, -0.2) is 48.1 Å². The fourth-order valence-electron chi connectivity index (χ4n) is 2.49. The van der Waals surface area contributed by atoms with Crippen molar-refractivity contribution in [1.82, 2.24) is 14.9 Å². The number of hydrogen-bond donors (Lipinski definition) is 1. The van der Waals surface area contributed by atoms with Crippen LogP contribution in [0.5, 0.6) is 0 Å². The Hall–Kier alpha value is -1.36. The van der Waals surface area contributed by atoms with Crippen LogP contribution in [0, 0.1) is 0 Å². The molecule has 0 spiro atoms. The molecule has 100 valence electrons. The maximum Gasteiger partial charge on any atom is 0.137 e. The molecule has 18 heavy (non-hydrogen) atoms. The van der Waals surface area contributed by atoms with Crippen molar-refractivity contribution in [2.24, 2.45) is 0 Å². The Bertz CT molecular complexity index is 387. The van der Waals surface area contributed by atoms with Gasteiger partial charge in [-0.05, 0) is 32.4 Å². The number of likely N-dealkylation sites (N-methyl/N-ethyl adjacent to an activating group) is 1. The van der Waals surface area contributed by atoms with Gasteiger partial charge in [0.1, 0.15) is 18.0 Å². The van der Waals surface area contributed by atoms with Crippen molar-refractivity contribution >= 4 is 11.6 Å². The van der Waals surface area contributed by atoms with Crippen molar-refractivity contribution in [3.05, 3.63) is 11.9 Å². The van der Waals surface area contributed by atoms with Gasteiger partial charge in [0.2, 0.25) is 0 Å². The first-order chi connectivity index (χ1) is 8.72. The van der Waals surface area contributed by atoms with E-state index in [9.17, 15) is 0 Å². The predicted octanol–water partition coefficient (Wildman–Crippen LogP) is 1.15. The lowest BCUT2D eigenvalue weighted by Crippen LogP contribution is -2.32. The van der Waals surface area contributed by atoms with E-state index in [0.717, 1.165) is 30.9 Å². The molecule has 1 fully saturated rings. The molecule has 0 atom stereocenters. The van der Waals surface area contributed by atoms with Crippen molar-refractivity contribution in [3.8, 4) is 0 Å². The van der Waals surface area contributed by atoms with E-state index in [-0.39, 0.29) is 0 Å². The third-order valence-electron chi connectivity index (χ3n) is 3.62. The molecule has 5 nitrogen and oxygen atoms in total. The number of anilines is 2. The maximum absolute atomic E-state index is 5.90. The minimum absolute atomic E-state index is 0.607. The highest BCUT2D eigenvalue weighted by Crippen LogP contribution is 2.20. The van der Waals surface area contributed by atoms with Crippen LogP contribution in [0.15, 0.2) is 6.33 Å². The van der Waals surface area contributed by atoms with Gasteiger partial charge in [-0.2, -0.15) is 0 Å². The lowest BCUT2D eigenvalue weighted by molar-refractivity contribution is 0.346. The Morgan fingerprint density at radius 1 is 1.33 bits per heavy atom. The van der Waals surface area contributed by atoms with Gasteiger partial charge in [-0.1, -0.05) is 6.92 Å². The smallest absolute Gasteiger partial charge is 0.137 e. The second-order valence-electron chi connectivity index (χ2n) is 4.88. The Kier molecular flexibility index (Phi) is 4.36. The second-order valence-corrected chi connectivity index (χ2v) is 4.88. The molecular weight excluding hydrogens is 226 g/mol. The van der Waals surface area contributed by atoms with Crippen molar-refractivity contribution in [2.75, 3.05) is 43.9 Å². The number of rotatable bonds is 5. The van der Waals surface area contributed by atoms with E-state index in [1.165, 1.54) is 25.9 Å². The van der Waals surface area contributed by atoms with Crippen LogP contribution in [0.1, 0.15) is 25.3 Å². The number of nitrogens with zero attached hydrogens (tertiary/aromatic N) is 4. The summed E-state index contributed by atoms with van der Waals surface area (Å²) in [7, 11) is 2.08. The highest BCUT2D eigenvalue weighted by molar-refractivity contribution is 5.56. The van der Waals surface area contributed by atoms with Gasteiger partial charge in [-0.3, -0.25) is 0 Å². The van der Waals surface area contributed by atoms with Crippen molar-refractivity contribution in [1.29, 1.82) is 0 Å². The van der Waals surface area contributed by atoms with Crippen LogP contribution >= 0.6 is 0 Å². The van der Waals surface area contributed by atoms with E-state index in [2.05, 4.69) is 33.7 Å². The molecular formula is C13H23N5. The molecule has 5 heteroatoms. The lowest BCUT2D eigenvalue weighted by atomic mass is 10.2. The molecule has 0 aromatic carbocycles. The molecule has 1 saturated heterocycles. The van der Waals surface area contributed by atoms with Gasteiger partial charge >= 0.3 is 0 Å². The lowest BCUT2D eigenvalue weighted by Gasteiger charge is -2.24. The molecule has 1 aromatic rings. The summed E-state index contributed by atoms with van der Waals surface area (Å²) in [6, 6.07) is 0. The molecule has 0 unspecified atom stereocenters. The molecule has 2 N–H and O–H groups in total. The van der Waals surface area contributed by atoms with Gasteiger partial charge in [-0.25, -0.2) is 9.97 Å². The van der Waals surface area contributed by atoms with Crippen molar-refractivity contribution in [3.63, 3.8) is 0 Å². The van der Waals surface area contributed by atoms with Crippen molar-refractivity contribution < 1.29 is 0 Å². The first-order valence-corrected chi connectivity index (χ1v) is 6.75. The van der Waals surface area contributed by atoms with E-state index in [4.69, 9.17) is 5.73 Å². The van der Waals surface area contributed by atoms with Crippen LogP contribution < -0.4 is 10.6 Å². The normalized spacial score (nSPS) is 16.1. The Balaban J connectivity index is 1.99. The van der Waals surface area contributed by atoms with Gasteiger partial charge in [-0.15, -0.1) is 0 Å². The minimum atomic E-state index is 0.607. The summed E-state index contributed by atoms with van der Waals surface area (Å²) in [6.45, 7) is 6.65. The number of aromatic nitrogens is 2. The van der Waals surface area contributed by atoms with E-state index < -0.39 is 0 Å². The van der Waals surface area contributed by atoms with E-state index in [1.54, 1.807) is 6.33 Å². The fraction of sp³-hybridized carbons (Fsp3) is 0.692. The molecule has 0 radical (unpaired) electrons. The zero-order valence-corrected chi connectivity index (χ0v) is 11.4. The van der Waals surface area contributed by atoms with Gasteiger partial charge in [0, 0.05) is 25.7 Å². The average Bonchev–Trinajstić information content (AvgIpc) is 2.88. The van der Waals surface area contributed by atoms with Gasteiger partial charge < -0.3 is 15.5 Å². The first kappa shape index (κ1) is 13.1. The summed E-state index contributed by atoms with van der Waals surface area (Å²) in [6.07, 6.45) is 5.10. The number of hydrogen-bond acceptors (Lipinski definition) is 5. The quantitative estimate of drug-likeness (QED) is 0.848. The molecule has 1 aliphatic rings. The zero-order chi connectivity index (χ0) is 13.0. The van der Waals surface area contributed by atoms with Crippen LogP contribution in [0.4, 0.5) is 11.6 Å². The standard InChI is InChI=1S/C13H23N5/c1-3-11-12(14)15-10-16-13(11)17(2)8-9-18-6-4-5-7-18/h10H,3-9H2,1-2H3,(H2,14,15,16). The summed E-state index contributed by atoms with van der Waals surface area (Å²) >= 11 is 0. The van der Waals surface area contributed by atoms with E-state index >= 15 is 0 Å². The van der Waals surface area contributed by atoms with Crippen LogP contribution in [0.25, 0.3) is 0 Å². The summed E-state index contributed by atoms with van der Waals surface area (Å²) in [4.78, 5) is 13.1. The zero-order valence-electron chi connectivity index (χ0n) is 11.4. The summed E-state index contributed by atoms with van der Waals surface area (Å²) in [5, 5.41) is 0. The molecule has 0 bridgehead atoms. The summed E-state index contributed by atoms with van der Waals surface area (Å²) in [5.74, 6) is 1.58. The van der Waals surface area contributed by atoms with Gasteiger partial charge in [0.25, 0.3) is 0 Å². The molecule has 1 aliphatic heterocycles. The average molecular weight is 249 g/mol. The highest BCUT2D eigenvalue weighted by atomic mass is 15.2. The van der Waals surface area contributed by atoms with E-state index in [0.29, 0.717) is 5.82 Å². The minimum Gasteiger partial charge on any atom is -0.383 e. The first-order valence-electron chi connectivity index (χ1n) is 6.75. The highest BCUT2D eigenvalue weighted by Gasteiger charge is 2.15. The third kappa shape index (κ3) is 2.90. The topological polar surface area (TPSA) is 58.3 Å². The van der Waals surface area contributed by atoms with Gasteiger partial charge in [0.15, 0.2) is 0 Å². The van der Waals surface area contributed by atoms with Crippen molar-refractivity contribution in [2.45, 2.75) is 26.2 Å². The fourth-order valence-corrected chi connectivity index (χ4v) is 2.49. The molecule has 0 amide bonds. The Labute approximate surface area is 109 Å². The van der Waals surface area contributed by atoms with Crippen LogP contribution in [0.3, 0.4) is 0 Å². The largest absolute Gasteiger partial charge is 0.383 e. The van der Waals surface area contributed by atoms with Gasteiger partial charge in [0.05, 0.1) is 0 Å². The predicted molar refractivity (Wildman–Crippen MR) is 74.8 cm³/mol. The van der Waals surface area contributed by atoms with Crippen LogP contribution in [-0.2, 0) is 6.42 Å². The SMILES string of the molecule is CCc1c(N)ncnc1N(C)CCN1CCCC1. The molecule has 1 aromatic heterocycles. The number of likely N-dealkylation sites (tertiary alicyclic amines) is 1. The monoisotopic (exact) mass is 249 g/mol. The summed E-state index contributed by atoms with van der Waals surface area (Å²) in [5.41, 5.74) is 6.96. The maximum atomic E-state index is 5.90. The number of nitrogens with two attached hydrogens (primary N) is 1. The Morgan fingerprint density at radius 2 is 2.06 bits per heavy atom. The third-order valence-corrected chi connectivity index (χ3v) is 3.62. The van der Waals surface area contributed by atoms with E-state index in [1.807, 2.05) is 0 Å². The molecule has 0 aliphatic carbocycles.